The fourth-order valence-corrected chi connectivity index (χ4v) is 2.37. The van der Waals surface area contributed by atoms with Gasteiger partial charge in [0.1, 0.15) is 12.7 Å². The van der Waals surface area contributed by atoms with Crippen LogP contribution in [0.1, 0.15) is 26.7 Å². The number of fused-ring (bicyclic) bond motifs is 2. The van der Waals surface area contributed by atoms with E-state index in [0.29, 0.717) is 24.7 Å². The van der Waals surface area contributed by atoms with Gasteiger partial charge in [-0.25, -0.2) is 0 Å². The molecule has 0 radical (unpaired) electrons. The van der Waals surface area contributed by atoms with Crippen molar-refractivity contribution in [3.05, 3.63) is 12.7 Å². The average molecular weight is 376 g/mol. The van der Waals surface area contributed by atoms with Gasteiger partial charge in [0.25, 0.3) is 11.9 Å². The Morgan fingerprint density at radius 2 is 1.15 bits per heavy atom. The zero-order chi connectivity index (χ0) is 18.8. The van der Waals surface area contributed by atoms with Crippen molar-refractivity contribution in [2.45, 2.75) is 26.7 Å². The van der Waals surface area contributed by atoms with Crippen molar-refractivity contribution in [1.29, 1.82) is 0 Å². The molecule has 4 heterocycles. The highest BCUT2D eigenvalue weighted by atomic mass is 16.2. The molecule has 2 aromatic rings. The van der Waals surface area contributed by atoms with Crippen LogP contribution in [0.3, 0.4) is 0 Å². The second-order valence-corrected chi connectivity index (χ2v) is 5.88. The first-order chi connectivity index (χ1) is 12.4. The fourth-order valence-electron chi connectivity index (χ4n) is 2.37. The van der Waals surface area contributed by atoms with Crippen molar-refractivity contribution >= 4 is 35.1 Å². The molecule has 2 N–H and O–H groups in total. The number of carbonyl (C=O) groups excluding carboxylic acids is 2. The van der Waals surface area contributed by atoms with E-state index in [2.05, 4.69) is 30.6 Å². The zero-order valence-corrected chi connectivity index (χ0v) is 15.4. The summed E-state index contributed by atoms with van der Waals surface area (Å²) in [6.07, 6.45) is 3.63. The highest BCUT2D eigenvalue weighted by Gasteiger charge is 2.21. The smallest absolute Gasteiger partial charge is 0.254 e. The average Bonchev–Trinajstić information content (AvgIpc) is 3.18. The molecule has 2 aliphatic rings. The molecule has 13 nitrogen and oxygen atoms in total. The minimum atomic E-state index is -0.0204. The summed E-state index contributed by atoms with van der Waals surface area (Å²) < 4.78 is 3.00. The standard InChI is InChI=1S/2C7H9N5O.H2O/c2*1-5-3-6(13)11(2)7-9-8-4-12(7)10-5;/h2*4H,3H2,1-2H3;1H2. The summed E-state index contributed by atoms with van der Waals surface area (Å²) in [6.45, 7) is 3.61. The quantitative estimate of drug-likeness (QED) is 0.568. The van der Waals surface area contributed by atoms with Crippen molar-refractivity contribution in [1.82, 2.24) is 29.7 Å². The van der Waals surface area contributed by atoms with Gasteiger partial charge in [0.2, 0.25) is 11.8 Å². The maximum absolute atomic E-state index is 11.4. The molecular formula is C14H20N10O3. The summed E-state index contributed by atoms with van der Waals surface area (Å²) in [5.74, 6) is 0.879. The Hall–Kier alpha value is -3.48. The molecule has 144 valence electrons. The molecule has 0 aromatic carbocycles. The maximum atomic E-state index is 11.4. The van der Waals surface area contributed by atoms with E-state index in [4.69, 9.17) is 0 Å². The lowest BCUT2D eigenvalue weighted by Gasteiger charge is -2.10. The molecule has 0 atom stereocenters. The van der Waals surface area contributed by atoms with E-state index in [1.54, 1.807) is 27.9 Å². The molecule has 13 heteroatoms. The zero-order valence-electron chi connectivity index (χ0n) is 15.4. The lowest BCUT2D eigenvalue weighted by molar-refractivity contribution is -0.118. The van der Waals surface area contributed by atoms with Crippen molar-refractivity contribution in [3.8, 4) is 0 Å². The van der Waals surface area contributed by atoms with Crippen LogP contribution in [0, 0.1) is 0 Å². The number of hydrogen-bond donors (Lipinski definition) is 0. The van der Waals surface area contributed by atoms with Crippen LogP contribution in [0.5, 0.6) is 0 Å². The van der Waals surface area contributed by atoms with Gasteiger partial charge in [-0.2, -0.15) is 19.6 Å². The number of nitrogens with zero attached hydrogens (tertiary/aromatic N) is 10. The van der Waals surface area contributed by atoms with E-state index < -0.39 is 0 Å². The van der Waals surface area contributed by atoms with Gasteiger partial charge in [-0.05, 0) is 13.8 Å². The number of rotatable bonds is 0. The summed E-state index contributed by atoms with van der Waals surface area (Å²) >= 11 is 0. The molecule has 0 saturated carbocycles. The van der Waals surface area contributed by atoms with E-state index in [9.17, 15) is 9.59 Å². The van der Waals surface area contributed by atoms with E-state index in [1.165, 1.54) is 31.8 Å². The third-order valence-electron chi connectivity index (χ3n) is 3.75. The minimum Gasteiger partial charge on any atom is -0.412 e. The van der Waals surface area contributed by atoms with Crippen molar-refractivity contribution in [3.63, 3.8) is 0 Å². The van der Waals surface area contributed by atoms with Gasteiger partial charge in [-0.15, -0.1) is 20.4 Å². The number of amides is 2. The van der Waals surface area contributed by atoms with Gasteiger partial charge < -0.3 is 5.48 Å². The van der Waals surface area contributed by atoms with Crippen LogP contribution < -0.4 is 9.80 Å². The lowest BCUT2D eigenvalue weighted by atomic mass is 10.3. The monoisotopic (exact) mass is 376 g/mol. The predicted molar refractivity (Wildman–Crippen MR) is 96.7 cm³/mol. The number of aromatic nitrogens is 6. The van der Waals surface area contributed by atoms with Crippen LogP contribution in [0.15, 0.2) is 22.9 Å². The number of anilines is 2. The molecule has 2 aliphatic heterocycles. The van der Waals surface area contributed by atoms with Crippen molar-refractivity contribution < 1.29 is 15.1 Å². The topological polar surface area (TPSA) is 158 Å². The summed E-state index contributed by atoms with van der Waals surface area (Å²) in [5.41, 5.74) is 1.52. The van der Waals surface area contributed by atoms with Crippen LogP contribution in [0.2, 0.25) is 0 Å². The second-order valence-electron chi connectivity index (χ2n) is 5.88. The Balaban J connectivity index is 0.000000187. The molecule has 0 spiro atoms. The second kappa shape index (κ2) is 7.82. The maximum Gasteiger partial charge on any atom is 0.254 e. The number of carbonyl (C=O) groups is 2. The van der Waals surface area contributed by atoms with E-state index in [0.717, 1.165) is 11.4 Å². The number of hydrogen-bond acceptors (Lipinski definition) is 8. The molecule has 0 saturated heterocycles. The predicted octanol–water partition coefficient (Wildman–Crippen LogP) is -1.09. The Morgan fingerprint density at radius 3 is 1.52 bits per heavy atom. The van der Waals surface area contributed by atoms with Crippen LogP contribution in [0.4, 0.5) is 11.9 Å². The van der Waals surface area contributed by atoms with E-state index in [1.807, 2.05) is 0 Å². The first-order valence-electron chi connectivity index (χ1n) is 7.79. The molecule has 0 unspecified atom stereocenters. The molecule has 2 aromatic heterocycles. The third kappa shape index (κ3) is 4.03. The first-order valence-corrected chi connectivity index (χ1v) is 7.79. The van der Waals surface area contributed by atoms with Gasteiger partial charge in [0, 0.05) is 25.5 Å². The Kier molecular flexibility index (Phi) is 5.75. The Labute approximate surface area is 154 Å². The van der Waals surface area contributed by atoms with E-state index in [-0.39, 0.29) is 17.3 Å². The SMILES string of the molecule is CC1=Nn2cnnc2N(C)C(=O)C1.CC1=Nn2cnnc2N(C)C(=O)C1.O. The summed E-state index contributed by atoms with van der Waals surface area (Å²) in [4.78, 5) is 25.8. The Morgan fingerprint density at radius 1 is 0.778 bits per heavy atom. The third-order valence-corrected chi connectivity index (χ3v) is 3.75. The van der Waals surface area contributed by atoms with Gasteiger partial charge >= 0.3 is 0 Å². The lowest BCUT2D eigenvalue weighted by Crippen LogP contribution is -2.27. The summed E-state index contributed by atoms with van der Waals surface area (Å²) in [5, 5.41) is 23.2. The highest BCUT2D eigenvalue weighted by molar-refractivity contribution is 6.07. The fraction of sp³-hybridized carbons (Fsp3) is 0.429. The summed E-state index contributed by atoms with van der Waals surface area (Å²) in [6, 6.07) is 0. The van der Waals surface area contributed by atoms with Gasteiger partial charge in [0.05, 0.1) is 12.8 Å². The molecule has 0 aliphatic carbocycles. The first kappa shape index (κ1) is 19.8. The molecule has 27 heavy (non-hydrogen) atoms. The largest absolute Gasteiger partial charge is 0.412 e. The van der Waals surface area contributed by atoms with E-state index >= 15 is 0 Å². The molecule has 4 rings (SSSR count). The summed E-state index contributed by atoms with van der Waals surface area (Å²) in [7, 11) is 3.33. The van der Waals surface area contributed by atoms with Crippen molar-refractivity contribution in [2.75, 3.05) is 23.9 Å². The van der Waals surface area contributed by atoms with Gasteiger partial charge in [0.15, 0.2) is 0 Å². The molecule has 2 amide bonds. The van der Waals surface area contributed by atoms with Gasteiger partial charge in [-0.1, -0.05) is 0 Å². The van der Waals surface area contributed by atoms with Crippen LogP contribution in [-0.2, 0) is 9.59 Å². The Bertz CT molecular complexity index is 838. The molecular weight excluding hydrogens is 356 g/mol. The van der Waals surface area contributed by atoms with Crippen molar-refractivity contribution in [2.24, 2.45) is 10.2 Å². The highest BCUT2D eigenvalue weighted by Crippen LogP contribution is 2.14. The molecule has 0 bridgehead atoms. The molecule has 0 fully saturated rings. The minimum absolute atomic E-state index is 0. The normalized spacial score (nSPS) is 16.0. The van der Waals surface area contributed by atoms with Crippen LogP contribution >= 0.6 is 0 Å². The van der Waals surface area contributed by atoms with Gasteiger partial charge in [-0.3, -0.25) is 19.4 Å². The van der Waals surface area contributed by atoms with Crippen LogP contribution in [0.25, 0.3) is 0 Å². The van der Waals surface area contributed by atoms with Crippen LogP contribution in [-0.4, -0.2) is 72.6 Å².